The van der Waals surface area contributed by atoms with Gasteiger partial charge in [0.2, 0.25) is 0 Å². The van der Waals surface area contributed by atoms with E-state index in [1.807, 2.05) is 0 Å². The van der Waals surface area contributed by atoms with E-state index in [2.05, 4.69) is 9.97 Å². The summed E-state index contributed by atoms with van der Waals surface area (Å²) in [4.78, 5) is 29.4. The number of hydrogen-bond donors (Lipinski definition) is 2. The fourth-order valence-electron chi connectivity index (χ4n) is 1.95. The molecule has 2 N–H and O–H groups in total. The molecule has 0 aliphatic carbocycles. The van der Waals surface area contributed by atoms with Crippen LogP contribution < -0.4 is 21.5 Å². The number of nitrogens with one attached hydrogen (secondary N) is 1. The Kier molecular flexibility index (Phi) is 6.72. The smallest absolute Gasteiger partial charge is 0.872 e. The van der Waals surface area contributed by atoms with Crippen molar-refractivity contribution >= 4 is 34.2 Å². The second kappa shape index (κ2) is 8.10. The molecular weight excluding hydrogens is 328 g/mol. The molecule has 24 heavy (non-hydrogen) atoms. The van der Waals surface area contributed by atoms with Crippen molar-refractivity contribution in [2.24, 2.45) is 14.1 Å². The van der Waals surface area contributed by atoms with Gasteiger partial charge < -0.3 is 20.3 Å². The number of fused-ring (bicyclic) bond motifs is 1. The Bertz CT molecular complexity index is 944. The standard InChI is InChI=1S/C7H8N4O2.C7H7O3.Mg/c1-10-5-4(8-3-9-5)6(12)11(2)7(10)13;8-6-4-2-1-3-5(6)7(9)10;/h3H,1-2H3,(H,8,9);1-4,7-9H;/q;-1;+2/p-1. The zero-order valence-corrected chi connectivity index (χ0v) is 14.5. The van der Waals surface area contributed by atoms with Crippen molar-refractivity contribution in [1.29, 1.82) is 0 Å². The van der Waals surface area contributed by atoms with Crippen LogP contribution in [0.15, 0.2) is 40.2 Å². The first-order valence-electron chi connectivity index (χ1n) is 6.53. The van der Waals surface area contributed by atoms with E-state index in [1.165, 1.54) is 42.2 Å². The van der Waals surface area contributed by atoms with E-state index in [9.17, 15) is 19.8 Å². The van der Waals surface area contributed by atoms with Crippen molar-refractivity contribution in [2.75, 3.05) is 0 Å². The van der Waals surface area contributed by atoms with Crippen LogP contribution in [0.4, 0.5) is 0 Å². The second-order valence-corrected chi connectivity index (χ2v) is 4.70. The largest absolute Gasteiger partial charge is 2.00 e. The third-order valence-corrected chi connectivity index (χ3v) is 3.21. The van der Waals surface area contributed by atoms with Gasteiger partial charge in [0.1, 0.15) is 5.52 Å². The predicted molar refractivity (Wildman–Crippen MR) is 83.2 cm³/mol. The SMILES string of the molecule is Cn1c(=O)c2[nH]cnc2n(C)c1=O.[Mg+2].[O-]c1ccccc1C([O-])O. The summed E-state index contributed by atoms with van der Waals surface area (Å²) in [5.41, 5.74) is -0.0830. The van der Waals surface area contributed by atoms with Crippen molar-refractivity contribution in [3.05, 3.63) is 57.0 Å². The molecule has 0 aliphatic heterocycles. The Labute approximate surface area is 152 Å². The molecule has 3 aromatic rings. The Balaban J connectivity index is 0.000000238. The summed E-state index contributed by atoms with van der Waals surface area (Å²) < 4.78 is 2.37. The predicted octanol–water partition coefficient (Wildman–Crippen LogP) is -2.31. The van der Waals surface area contributed by atoms with Crippen LogP contribution in [-0.4, -0.2) is 47.3 Å². The molecule has 0 bridgehead atoms. The topological polar surface area (TPSA) is 139 Å². The van der Waals surface area contributed by atoms with Crippen LogP contribution in [0.3, 0.4) is 0 Å². The maximum atomic E-state index is 11.4. The van der Waals surface area contributed by atoms with Crippen molar-refractivity contribution in [2.45, 2.75) is 6.29 Å². The average molecular weight is 343 g/mol. The fourth-order valence-corrected chi connectivity index (χ4v) is 1.95. The van der Waals surface area contributed by atoms with Gasteiger partial charge in [-0.15, -0.1) is 5.75 Å². The molecule has 2 aromatic heterocycles. The first kappa shape index (κ1) is 19.9. The van der Waals surface area contributed by atoms with E-state index in [0.717, 1.165) is 4.57 Å². The minimum absolute atomic E-state index is 0. The third-order valence-electron chi connectivity index (χ3n) is 3.21. The summed E-state index contributed by atoms with van der Waals surface area (Å²) >= 11 is 0. The second-order valence-electron chi connectivity index (χ2n) is 4.70. The van der Waals surface area contributed by atoms with Crippen molar-refractivity contribution in [1.82, 2.24) is 19.1 Å². The minimum atomic E-state index is -1.91. The van der Waals surface area contributed by atoms with E-state index in [4.69, 9.17) is 5.11 Å². The molecule has 1 aromatic carbocycles. The van der Waals surface area contributed by atoms with Gasteiger partial charge in [0, 0.05) is 20.4 Å². The monoisotopic (exact) mass is 342 g/mol. The molecule has 0 saturated heterocycles. The van der Waals surface area contributed by atoms with E-state index in [1.54, 1.807) is 7.05 Å². The number of aliphatic hydroxyl groups excluding tert-OH is 1. The van der Waals surface area contributed by atoms with E-state index < -0.39 is 12.0 Å². The van der Waals surface area contributed by atoms with Crippen molar-refractivity contribution < 1.29 is 15.3 Å². The van der Waals surface area contributed by atoms with E-state index >= 15 is 0 Å². The van der Waals surface area contributed by atoms with Gasteiger partial charge in [0.05, 0.1) is 6.33 Å². The van der Waals surface area contributed by atoms with Crippen LogP contribution in [0.5, 0.6) is 5.75 Å². The number of aromatic nitrogens is 4. The molecule has 1 unspecified atom stereocenters. The van der Waals surface area contributed by atoms with Crippen LogP contribution in [0.2, 0.25) is 0 Å². The number of nitrogens with zero attached hydrogens (tertiary/aromatic N) is 3. The molecule has 0 spiro atoms. The summed E-state index contributed by atoms with van der Waals surface area (Å²) in [6, 6.07) is 5.63. The number of hydrogen-bond acceptors (Lipinski definition) is 6. The van der Waals surface area contributed by atoms with Gasteiger partial charge in [-0.1, -0.05) is 24.3 Å². The normalized spacial score (nSPS) is 11.3. The number of aromatic amines is 1. The molecule has 3 rings (SSSR count). The van der Waals surface area contributed by atoms with Crippen molar-refractivity contribution in [3.8, 4) is 5.75 Å². The molecule has 0 radical (unpaired) electrons. The Morgan fingerprint density at radius 2 is 1.83 bits per heavy atom. The maximum Gasteiger partial charge on any atom is 2.00 e. The molecule has 122 valence electrons. The van der Waals surface area contributed by atoms with Gasteiger partial charge in [0.15, 0.2) is 5.65 Å². The molecule has 0 saturated carbocycles. The summed E-state index contributed by atoms with van der Waals surface area (Å²) in [6.45, 7) is 0. The zero-order chi connectivity index (χ0) is 17.1. The van der Waals surface area contributed by atoms with Crippen molar-refractivity contribution in [3.63, 3.8) is 0 Å². The average Bonchev–Trinajstić information content (AvgIpc) is 3.01. The number of para-hydroxylation sites is 1. The Morgan fingerprint density at radius 1 is 1.21 bits per heavy atom. The number of H-pyrrole nitrogens is 1. The third kappa shape index (κ3) is 3.84. The molecule has 2 heterocycles. The summed E-state index contributed by atoms with van der Waals surface area (Å²) in [7, 11) is 3.01. The maximum absolute atomic E-state index is 11.4. The molecular formula is C14H14MgN4O5. The Hall–Kier alpha value is -2.14. The first-order valence-corrected chi connectivity index (χ1v) is 6.53. The van der Waals surface area contributed by atoms with E-state index in [0.29, 0.717) is 11.2 Å². The quantitative estimate of drug-likeness (QED) is 0.376. The van der Waals surface area contributed by atoms with Gasteiger partial charge in [-0.25, -0.2) is 9.78 Å². The molecule has 0 fully saturated rings. The van der Waals surface area contributed by atoms with Gasteiger partial charge in [-0.3, -0.25) is 13.9 Å². The molecule has 9 nitrogen and oxygen atoms in total. The van der Waals surface area contributed by atoms with Gasteiger partial charge in [0.25, 0.3) is 5.56 Å². The van der Waals surface area contributed by atoms with Gasteiger partial charge in [-0.05, 0) is 5.56 Å². The first-order chi connectivity index (χ1) is 10.8. The minimum Gasteiger partial charge on any atom is -0.872 e. The Morgan fingerprint density at radius 3 is 2.38 bits per heavy atom. The summed E-state index contributed by atoms with van der Waals surface area (Å²) in [5.74, 6) is -0.412. The van der Waals surface area contributed by atoms with Crippen LogP contribution in [0.25, 0.3) is 11.2 Å². The summed E-state index contributed by atoms with van der Waals surface area (Å²) in [6.07, 6.45) is -0.514. The van der Waals surface area contributed by atoms with Crippen LogP contribution in [0, 0.1) is 0 Å². The molecule has 1 atom stereocenters. The number of rotatable bonds is 1. The van der Waals surface area contributed by atoms with Crippen LogP contribution >= 0.6 is 0 Å². The number of imidazole rings is 1. The van der Waals surface area contributed by atoms with Gasteiger partial charge in [-0.2, -0.15) is 0 Å². The van der Waals surface area contributed by atoms with E-state index in [-0.39, 0.29) is 39.9 Å². The molecule has 0 amide bonds. The zero-order valence-electron chi connectivity index (χ0n) is 13.1. The summed E-state index contributed by atoms with van der Waals surface area (Å²) in [5, 5.41) is 29.5. The number of benzene rings is 1. The number of aryl methyl sites for hydroxylation is 1. The van der Waals surface area contributed by atoms with Crippen LogP contribution in [-0.2, 0) is 14.1 Å². The fraction of sp³-hybridized carbons (Fsp3) is 0.214. The molecule has 10 heteroatoms. The van der Waals surface area contributed by atoms with Crippen LogP contribution in [0.1, 0.15) is 11.9 Å². The molecule has 0 aliphatic rings. The number of aliphatic hydroxyl groups is 1. The van der Waals surface area contributed by atoms with Gasteiger partial charge >= 0.3 is 28.7 Å².